The van der Waals surface area contributed by atoms with Crippen LogP contribution in [0.3, 0.4) is 0 Å². The summed E-state index contributed by atoms with van der Waals surface area (Å²) in [5.74, 6) is 1.10. The van der Waals surface area contributed by atoms with Gasteiger partial charge >= 0.3 is 0 Å². The van der Waals surface area contributed by atoms with Gasteiger partial charge in [0.1, 0.15) is 5.82 Å². The summed E-state index contributed by atoms with van der Waals surface area (Å²) >= 11 is 0. The number of rotatable bonds is 13. The number of halogens is 1. The van der Waals surface area contributed by atoms with Crippen LogP contribution in [-0.4, -0.2) is 44.5 Å². The molecule has 0 amide bonds. The molecule has 36 heavy (non-hydrogen) atoms. The summed E-state index contributed by atoms with van der Waals surface area (Å²) in [7, 11) is 3.24. The summed E-state index contributed by atoms with van der Waals surface area (Å²) < 4.78 is 24.1. The van der Waals surface area contributed by atoms with E-state index < -0.39 is 5.41 Å². The molecule has 0 spiro atoms. The lowest BCUT2D eigenvalue weighted by atomic mass is 9.74. The van der Waals surface area contributed by atoms with E-state index in [-0.39, 0.29) is 17.5 Å². The Morgan fingerprint density at radius 3 is 2.31 bits per heavy atom. The fraction of sp³-hybridized carbons (Fsp3) is 0.533. The smallest absolute Gasteiger partial charge is 0.166 e. The molecular weight excluding hydrogens is 455 g/mol. The third-order valence-corrected chi connectivity index (χ3v) is 7.52. The largest absolute Gasteiger partial charge is 0.493 e. The van der Waals surface area contributed by atoms with Gasteiger partial charge in [0.25, 0.3) is 0 Å². The van der Waals surface area contributed by atoms with E-state index in [1.165, 1.54) is 12.1 Å². The zero-order chi connectivity index (χ0) is 26.0. The van der Waals surface area contributed by atoms with Crippen LogP contribution in [0.25, 0.3) is 0 Å². The fourth-order valence-corrected chi connectivity index (χ4v) is 5.27. The van der Waals surface area contributed by atoms with Gasteiger partial charge in [0.15, 0.2) is 17.3 Å². The molecule has 6 heteroatoms. The van der Waals surface area contributed by atoms with Crippen LogP contribution in [-0.2, 0) is 5.41 Å². The summed E-state index contributed by atoms with van der Waals surface area (Å²) in [5, 5.41) is 10.4. The minimum absolute atomic E-state index is 0.00859. The summed E-state index contributed by atoms with van der Waals surface area (Å²) in [6, 6.07) is 14.4. The van der Waals surface area contributed by atoms with Gasteiger partial charge in [0, 0.05) is 11.5 Å². The minimum Gasteiger partial charge on any atom is -0.493 e. The van der Waals surface area contributed by atoms with E-state index in [2.05, 4.69) is 17.9 Å². The lowest BCUT2D eigenvalue weighted by Crippen LogP contribution is -2.37. The van der Waals surface area contributed by atoms with Crippen LogP contribution in [0.2, 0.25) is 0 Å². The molecule has 1 unspecified atom stereocenters. The molecule has 0 radical (unpaired) electrons. The lowest BCUT2D eigenvalue weighted by Gasteiger charge is -2.33. The van der Waals surface area contributed by atoms with E-state index in [4.69, 9.17) is 9.47 Å². The molecule has 1 aliphatic rings. The molecule has 0 bridgehead atoms. The van der Waals surface area contributed by atoms with Crippen molar-refractivity contribution in [1.29, 1.82) is 5.26 Å². The third-order valence-electron chi connectivity index (χ3n) is 7.52. The van der Waals surface area contributed by atoms with Crippen molar-refractivity contribution in [3.63, 3.8) is 0 Å². The predicted molar refractivity (Wildman–Crippen MR) is 140 cm³/mol. The number of Topliss-reactive ketones (excluding diaryl/α,β-unsaturated/α-hetero) is 1. The molecule has 0 aromatic heterocycles. The second-order valence-electron chi connectivity index (χ2n) is 9.81. The number of carbonyl (C=O) groups is 1. The number of nitriles is 1. The van der Waals surface area contributed by atoms with Crippen molar-refractivity contribution in [2.24, 2.45) is 5.92 Å². The standard InChI is InChI=1S/C30H39FN2O3/c1-4-5-6-16-30(22-32,25-10-13-27(35-2)28(21-25)36-3)17-7-18-33-19-14-24(15-20-33)29(34)23-8-11-26(31)12-9-23/h8-13,21,24H,4-7,14-20H2,1-3H3. The first-order chi connectivity index (χ1) is 17.5. The van der Waals surface area contributed by atoms with Crippen molar-refractivity contribution in [2.75, 3.05) is 33.9 Å². The number of benzene rings is 2. The second kappa shape index (κ2) is 13.4. The number of unbranched alkanes of at least 4 members (excludes halogenated alkanes) is 2. The van der Waals surface area contributed by atoms with Gasteiger partial charge in [-0.2, -0.15) is 5.26 Å². The predicted octanol–water partition coefficient (Wildman–Crippen LogP) is 6.56. The number of hydrogen-bond acceptors (Lipinski definition) is 5. The van der Waals surface area contributed by atoms with Crippen LogP contribution in [0.5, 0.6) is 11.5 Å². The number of piperidine rings is 1. The van der Waals surface area contributed by atoms with Gasteiger partial charge in [0.05, 0.1) is 25.7 Å². The molecule has 1 heterocycles. The SMILES string of the molecule is CCCCCC(C#N)(CCCN1CCC(C(=O)c2ccc(F)cc2)CC1)c1ccc(OC)c(OC)c1. The van der Waals surface area contributed by atoms with E-state index in [0.717, 1.165) is 76.6 Å². The Kier molecular flexibility index (Phi) is 10.3. The Hall–Kier alpha value is -2.91. The summed E-state index contributed by atoms with van der Waals surface area (Å²) in [4.78, 5) is 15.2. The van der Waals surface area contributed by atoms with Crippen molar-refractivity contribution in [2.45, 2.75) is 63.7 Å². The Bertz CT molecular complexity index is 1030. The minimum atomic E-state index is -0.564. The van der Waals surface area contributed by atoms with Crippen LogP contribution in [0.4, 0.5) is 4.39 Å². The number of carbonyl (C=O) groups excluding carboxylic acids is 1. The number of hydrogen-bond donors (Lipinski definition) is 0. The van der Waals surface area contributed by atoms with Gasteiger partial charge in [-0.1, -0.05) is 32.3 Å². The van der Waals surface area contributed by atoms with Crippen molar-refractivity contribution in [3.05, 3.63) is 59.4 Å². The Morgan fingerprint density at radius 2 is 1.69 bits per heavy atom. The van der Waals surface area contributed by atoms with Gasteiger partial charge in [-0.15, -0.1) is 0 Å². The molecule has 1 aliphatic heterocycles. The highest BCUT2D eigenvalue weighted by atomic mass is 19.1. The highest BCUT2D eigenvalue weighted by molar-refractivity contribution is 5.97. The van der Waals surface area contributed by atoms with Gasteiger partial charge < -0.3 is 14.4 Å². The maximum atomic E-state index is 13.2. The molecule has 2 aromatic carbocycles. The molecule has 0 saturated carbocycles. The van der Waals surface area contributed by atoms with E-state index in [1.807, 2.05) is 18.2 Å². The van der Waals surface area contributed by atoms with Crippen molar-refractivity contribution in [1.82, 2.24) is 4.90 Å². The maximum Gasteiger partial charge on any atom is 0.166 e. The highest BCUT2D eigenvalue weighted by Gasteiger charge is 2.33. The summed E-state index contributed by atoms with van der Waals surface area (Å²) in [6.07, 6.45) is 7.35. The van der Waals surface area contributed by atoms with Crippen LogP contribution >= 0.6 is 0 Å². The molecule has 5 nitrogen and oxygen atoms in total. The Labute approximate surface area is 215 Å². The number of nitrogens with zero attached hydrogens (tertiary/aromatic N) is 2. The van der Waals surface area contributed by atoms with Crippen molar-refractivity contribution >= 4 is 5.78 Å². The van der Waals surface area contributed by atoms with Gasteiger partial charge in [-0.05, 0) is 93.7 Å². The first-order valence-electron chi connectivity index (χ1n) is 13.1. The molecule has 3 rings (SSSR count). The zero-order valence-corrected chi connectivity index (χ0v) is 21.9. The van der Waals surface area contributed by atoms with Gasteiger partial charge in [-0.3, -0.25) is 4.79 Å². The molecule has 0 N–H and O–H groups in total. The zero-order valence-electron chi connectivity index (χ0n) is 21.9. The average Bonchev–Trinajstić information content (AvgIpc) is 2.92. The van der Waals surface area contributed by atoms with Crippen molar-refractivity contribution in [3.8, 4) is 17.6 Å². The molecule has 1 fully saturated rings. The number of methoxy groups -OCH3 is 2. The molecule has 0 aliphatic carbocycles. The lowest BCUT2D eigenvalue weighted by molar-refractivity contribution is 0.0838. The van der Waals surface area contributed by atoms with E-state index in [0.29, 0.717) is 17.1 Å². The molecule has 1 atom stereocenters. The first kappa shape index (κ1) is 27.7. The van der Waals surface area contributed by atoms with E-state index in [9.17, 15) is 14.4 Å². The average molecular weight is 495 g/mol. The third kappa shape index (κ3) is 6.85. The monoisotopic (exact) mass is 494 g/mol. The normalized spacial score (nSPS) is 16.2. The number of ether oxygens (including phenoxy) is 2. The molecular formula is C30H39FN2O3. The summed E-state index contributed by atoms with van der Waals surface area (Å²) in [6.45, 7) is 4.81. The Balaban J connectivity index is 1.60. The topological polar surface area (TPSA) is 62.6 Å². The van der Waals surface area contributed by atoms with Gasteiger partial charge in [0.2, 0.25) is 0 Å². The molecule has 1 saturated heterocycles. The maximum absolute atomic E-state index is 13.2. The number of likely N-dealkylation sites (tertiary alicyclic amines) is 1. The van der Waals surface area contributed by atoms with Crippen LogP contribution in [0, 0.1) is 23.1 Å². The first-order valence-corrected chi connectivity index (χ1v) is 13.1. The summed E-state index contributed by atoms with van der Waals surface area (Å²) in [5.41, 5.74) is 1.02. The van der Waals surface area contributed by atoms with Crippen LogP contribution in [0.15, 0.2) is 42.5 Å². The second-order valence-corrected chi connectivity index (χ2v) is 9.81. The fourth-order valence-electron chi connectivity index (χ4n) is 5.27. The van der Waals surface area contributed by atoms with E-state index >= 15 is 0 Å². The highest BCUT2D eigenvalue weighted by Crippen LogP contribution is 2.39. The van der Waals surface area contributed by atoms with Crippen LogP contribution in [0.1, 0.15) is 74.2 Å². The van der Waals surface area contributed by atoms with Crippen LogP contribution < -0.4 is 9.47 Å². The van der Waals surface area contributed by atoms with Crippen molar-refractivity contribution < 1.29 is 18.7 Å². The quantitative estimate of drug-likeness (QED) is 0.233. The van der Waals surface area contributed by atoms with Gasteiger partial charge in [-0.25, -0.2) is 4.39 Å². The molecule has 2 aromatic rings. The molecule has 194 valence electrons. The number of ketones is 1. The van der Waals surface area contributed by atoms with E-state index in [1.54, 1.807) is 26.4 Å². The Morgan fingerprint density at radius 1 is 1.03 bits per heavy atom.